The van der Waals surface area contributed by atoms with E-state index in [2.05, 4.69) is 6.07 Å². The molecule has 0 N–H and O–H groups in total. The Balaban J connectivity index is 0.000000928. The van der Waals surface area contributed by atoms with E-state index >= 15 is 0 Å². The van der Waals surface area contributed by atoms with E-state index in [1.54, 1.807) is 14.2 Å². The molecule has 30 heavy (non-hydrogen) atoms. The van der Waals surface area contributed by atoms with E-state index in [0.29, 0.717) is 0 Å². The van der Waals surface area contributed by atoms with Gasteiger partial charge in [0, 0.05) is 13.2 Å². The van der Waals surface area contributed by atoms with Crippen LogP contribution < -0.4 is 71.2 Å². The van der Waals surface area contributed by atoms with Crippen molar-refractivity contribution in [3.8, 4) is 33.8 Å². The molecule has 0 bridgehead atoms. The van der Waals surface area contributed by atoms with Crippen molar-refractivity contribution in [3.63, 3.8) is 0 Å². The average Bonchev–Trinajstić information content (AvgIpc) is 3.34. The van der Waals surface area contributed by atoms with Gasteiger partial charge in [0.05, 0.1) is 25.7 Å². The predicted octanol–water partition coefficient (Wildman–Crippen LogP) is -3.35. The van der Waals surface area contributed by atoms with Crippen molar-refractivity contribution in [3.05, 3.63) is 72.8 Å². The number of ether oxygens (including phenoxy) is 3. The first kappa shape index (κ1) is 29.1. The van der Waals surface area contributed by atoms with Gasteiger partial charge >= 0.3 is 37.7 Å². The van der Waals surface area contributed by atoms with Gasteiger partial charge in [-0.05, 0) is 36.1 Å². The molecule has 148 valence electrons. The first-order valence-corrected chi connectivity index (χ1v) is 9.20. The zero-order valence-corrected chi connectivity index (χ0v) is 20.4. The molecular formula is C24H25ILi2O3. The number of halogens is 1. The summed E-state index contributed by atoms with van der Waals surface area (Å²) in [5, 5.41) is 0. The molecule has 1 aliphatic rings. The minimum Gasteiger partial charge on any atom is -1.00 e. The van der Waals surface area contributed by atoms with Gasteiger partial charge in [0.1, 0.15) is 0 Å². The number of methoxy groups -OCH3 is 2. The van der Waals surface area contributed by atoms with Crippen LogP contribution in [0.2, 0.25) is 0 Å². The maximum absolute atomic E-state index is 5.45. The van der Waals surface area contributed by atoms with Crippen molar-refractivity contribution < 1.29 is 75.9 Å². The van der Waals surface area contributed by atoms with Gasteiger partial charge in [0.25, 0.3) is 0 Å². The van der Waals surface area contributed by atoms with Crippen LogP contribution in [0, 0.1) is 6.07 Å². The third-order valence-corrected chi connectivity index (χ3v) is 4.42. The summed E-state index contributed by atoms with van der Waals surface area (Å²) in [6.45, 7) is 2.00. The fraction of sp³-hybridized carbons (Fsp3) is 0.250. The minimum atomic E-state index is 0. The molecule has 0 unspecified atom stereocenters. The number of rotatable bonds is 4. The Morgan fingerprint density at radius 2 is 1.10 bits per heavy atom. The van der Waals surface area contributed by atoms with Gasteiger partial charge in [-0.3, -0.25) is 0 Å². The Labute approximate surface area is 221 Å². The van der Waals surface area contributed by atoms with E-state index in [0.717, 1.165) is 47.0 Å². The third-order valence-electron chi connectivity index (χ3n) is 4.42. The van der Waals surface area contributed by atoms with Crippen molar-refractivity contribution in [2.75, 3.05) is 27.4 Å². The Morgan fingerprint density at radius 1 is 0.667 bits per heavy atom. The summed E-state index contributed by atoms with van der Waals surface area (Å²) in [4.78, 5) is 0. The van der Waals surface area contributed by atoms with Crippen LogP contribution >= 0.6 is 0 Å². The summed E-state index contributed by atoms with van der Waals surface area (Å²) < 4.78 is 15.8. The van der Waals surface area contributed by atoms with Crippen LogP contribution in [0.3, 0.4) is 0 Å². The second-order valence-corrected chi connectivity index (χ2v) is 6.20. The summed E-state index contributed by atoms with van der Waals surface area (Å²) in [5.74, 6) is 1.69. The molecule has 0 radical (unpaired) electrons. The number of benzene rings is 3. The van der Waals surface area contributed by atoms with Crippen LogP contribution in [-0.2, 0) is 4.74 Å². The Kier molecular flexibility index (Phi) is 15.4. The molecule has 3 aromatic rings. The van der Waals surface area contributed by atoms with Crippen LogP contribution in [0.4, 0.5) is 0 Å². The zero-order chi connectivity index (χ0) is 18.9. The van der Waals surface area contributed by atoms with Gasteiger partial charge in [-0.1, -0.05) is 36.4 Å². The van der Waals surface area contributed by atoms with Crippen molar-refractivity contribution in [2.45, 2.75) is 12.8 Å². The van der Waals surface area contributed by atoms with Gasteiger partial charge < -0.3 is 38.2 Å². The molecule has 1 saturated heterocycles. The predicted molar refractivity (Wildman–Crippen MR) is 109 cm³/mol. The van der Waals surface area contributed by atoms with Gasteiger partial charge in [-0.25, -0.2) is 0 Å². The normalized spacial score (nSPS) is 11.5. The third kappa shape index (κ3) is 8.00. The van der Waals surface area contributed by atoms with E-state index in [9.17, 15) is 0 Å². The van der Waals surface area contributed by atoms with Crippen LogP contribution in [0.1, 0.15) is 12.8 Å². The van der Waals surface area contributed by atoms with E-state index in [1.165, 1.54) is 12.8 Å². The maximum atomic E-state index is 5.45. The van der Waals surface area contributed by atoms with Gasteiger partial charge in [0.2, 0.25) is 0 Å². The molecule has 4 rings (SSSR count). The summed E-state index contributed by atoms with van der Waals surface area (Å²) in [6, 6.07) is 25.5. The van der Waals surface area contributed by atoms with Crippen LogP contribution in [-0.4, -0.2) is 27.4 Å². The average molecular weight is 502 g/mol. The number of hydrogen-bond acceptors (Lipinski definition) is 3. The van der Waals surface area contributed by atoms with Crippen molar-refractivity contribution >= 4 is 0 Å². The summed E-state index contributed by atoms with van der Waals surface area (Å²) >= 11 is 0. The standard InChI is InChI=1S/C20H17O2.C4H8O.HI.2Li/c1-21-19-12-5-3-10-17(19)15-8-7-9-16(14-15)18-11-4-6-13-20(18)22-2;1-2-4-5-3-1;;;/h3-13H,1-2H3;1-4H2;1H;;/q-1;;;2*+1/p-1. The van der Waals surface area contributed by atoms with Crippen LogP contribution in [0.5, 0.6) is 11.5 Å². The zero-order valence-electron chi connectivity index (χ0n) is 18.3. The monoisotopic (exact) mass is 502 g/mol. The Morgan fingerprint density at radius 3 is 1.47 bits per heavy atom. The molecule has 1 aliphatic heterocycles. The molecule has 0 atom stereocenters. The smallest absolute Gasteiger partial charge is 1.00 e. The second kappa shape index (κ2) is 15.9. The topological polar surface area (TPSA) is 27.7 Å². The second-order valence-electron chi connectivity index (χ2n) is 6.20. The fourth-order valence-electron chi connectivity index (χ4n) is 3.03. The first-order chi connectivity index (χ1) is 13.3. The van der Waals surface area contributed by atoms with Gasteiger partial charge in [-0.2, -0.15) is 0 Å². The van der Waals surface area contributed by atoms with E-state index in [-0.39, 0.29) is 61.7 Å². The van der Waals surface area contributed by atoms with Crippen molar-refractivity contribution in [1.82, 2.24) is 0 Å². The van der Waals surface area contributed by atoms with Crippen molar-refractivity contribution in [1.29, 1.82) is 0 Å². The first-order valence-electron chi connectivity index (χ1n) is 9.20. The van der Waals surface area contributed by atoms with E-state index in [4.69, 9.17) is 14.2 Å². The molecule has 3 aromatic carbocycles. The van der Waals surface area contributed by atoms with Crippen LogP contribution in [0.15, 0.2) is 66.7 Å². The van der Waals surface area contributed by atoms with Crippen LogP contribution in [0.25, 0.3) is 22.3 Å². The molecular weight excluding hydrogens is 477 g/mol. The van der Waals surface area contributed by atoms with Gasteiger partial charge in [-0.15, -0.1) is 35.4 Å². The SMILES string of the molecule is C1CCOC1.COc1ccccc1-c1[c-]c(-c2ccccc2OC)ccc1.[I-].[Li+].[Li+]. The Hall–Kier alpha value is -0.855. The fourth-order valence-corrected chi connectivity index (χ4v) is 3.03. The van der Waals surface area contributed by atoms with Crippen molar-refractivity contribution in [2.24, 2.45) is 0 Å². The minimum absolute atomic E-state index is 0. The number of hydrogen-bond donors (Lipinski definition) is 0. The molecule has 0 amide bonds. The molecule has 0 aromatic heterocycles. The quantitative estimate of drug-likeness (QED) is 0.212. The Bertz CT molecular complexity index is 800. The van der Waals surface area contributed by atoms with Gasteiger partial charge in [0.15, 0.2) is 0 Å². The molecule has 1 heterocycles. The maximum Gasteiger partial charge on any atom is 1.00 e. The summed E-state index contributed by atoms with van der Waals surface area (Å²) in [5.41, 5.74) is 4.06. The van der Waals surface area contributed by atoms with E-state index in [1.807, 2.05) is 66.7 Å². The molecule has 1 fully saturated rings. The molecule has 6 heteroatoms. The molecule has 0 spiro atoms. The summed E-state index contributed by atoms with van der Waals surface area (Å²) in [6.07, 6.45) is 2.56. The largest absolute Gasteiger partial charge is 1.00 e. The van der Waals surface area contributed by atoms with E-state index < -0.39 is 0 Å². The summed E-state index contributed by atoms with van der Waals surface area (Å²) in [7, 11) is 3.37. The molecule has 3 nitrogen and oxygen atoms in total. The number of para-hydroxylation sites is 2. The molecule has 0 saturated carbocycles. The molecule has 0 aliphatic carbocycles.